The van der Waals surface area contributed by atoms with Crippen LogP contribution in [0.1, 0.15) is 43.8 Å². The number of aromatic nitrogens is 3. The minimum atomic E-state index is -0.317. The Morgan fingerprint density at radius 1 is 1.16 bits per heavy atom. The minimum Gasteiger partial charge on any atom is -0.483 e. The predicted molar refractivity (Wildman–Crippen MR) is 126 cm³/mol. The number of hydrogen-bond acceptors (Lipinski definition) is 5. The number of para-hydroxylation sites is 1. The van der Waals surface area contributed by atoms with E-state index in [2.05, 4.69) is 41.5 Å². The summed E-state index contributed by atoms with van der Waals surface area (Å²) in [5.41, 5.74) is 3.22. The molecule has 8 heteroatoms. The number of rotatable bonds is 9. The van der Waals surface area contributed by atoms with Crippen LogP contribution in [0.5, 0.6) is 5.75 Å². The molecule has 0 aliphatic carbocycles. The molecule has 0 saturated heterocycles. The van der Waals surface area contributed by atoms with Gasteiger partial charge in [-0.05, 0) is 49.1 Å². The number of halogens is 1. The van der Waals surface area contributed by atoms with E-state index in [9.17, 15) is 4.79 Å². The first kappa shape index (κ1) is 23.2. The van der Waals surface area contributed by atoms with Crippen molar-refractivity contribution in [2.45, 2.75) is 44.9 Å². The molecule has 164 valence electrons. The number of nitrogens with one attached hydrogen (secondary N) is 1. The molecule has 0 bridgehead atoms. The zero-order valence-electron chi connectivity index (χ0n) is 18.2. The topological polar surface area (TPSA) is 69.0 Å². The number of carbonyl (C=O) groups is 1. The highest BCUT2D eigenvalue weighted by atomic mass is 35.5. The number of carbonyl (C=O) groups excluding carboxylic acids is 1. The third-order valence-electron chi connectivity index (χ3n) is 4.94. The average Bonchev–Trinajstić information content (AvgIpc) is 3.12. The maximum Gasteiger partial charge on any atom is 0.234 e. The first-order chi connectivity index (χ1) is 14.9. The van der Waals surface area contributed by atoms with E-state index in [1.54, 1.807) is 12.1 Å². The lowest BCUT2D eigenvalue weighted by Gasteiger charge is -2.15. The fourth-order valence-electron chi connectivity index (χ4n) is 3.31. The largest absolute Gasteiger partial charge is 0.483 e. The van der Waals surface area contributed by atoms with Crippen LogP contribution in [-0.4, -0.2) is 26.4 Å². The summed E-state index contributed by atoms with van der Waals surface area (Å²) in [5, 5.41) is 12.8. The monoisotopic (exact) mass is 458 g/mol. The molecule has 3 rings (SSSR count). The van der Waals surface area contributed by atoms with Gasteiger partial charge in [0.15, 0.2) is 17.1 Å². The fraction of sp³-hybridized carbons (Fsp3) is 0.348. The van der Waals surface area contributed by atoms with Crippen LogP contribution in [0.2, 0.25) is 5.02 Å². The normalized spacial score (nSPS) is 11.9. The van der Waals surface area contributed by atoms with Crippen molar-refractivity contribution in [3.05, 3.63) is 64.4 Å². The van der Waals surface area contributed by atoms with Crippen molar-refractivity contribution >= 4 is 35.0 Å². The summed E-state index contributed by atoms with van der Waals surface area (Å²) >= 11 is 7.37. The van der Waals surface area contributed by atoms with Gasteiger partial charge in [-0.15, -0.1) is 10.2 Å². The first-order valence-electron chi connectivity index (χ1n) is 10.3. The lowest BCUT2D eigenvalue weighted by Crippen LogP contribution is -2.17. The molecule has 0 spiro atoms. The summed E-state index contributed by atoms with van der Waals surface area (Å²) in [6.45, 7) is 6.08. The highest BCUT2D eigenvalue weighted by molar-refractivity contribution is 7.99. The van der Waals surface area contributed by atoms with Gasteiger partial charge >= 0.3 is 0 Å². The van der Waals surface area contributed by atoms with Gasteiger partial charge in [-0.25, -0.2) is 0 Å². The van der Waals surface area contributed by atoms with Gasteiger partial charge in [0.1, 0.15) is 5.75 Å². The lowest BCUT2D eigenvalue weighted by atomic mass is 10.0. The Morgan fingerprint density at radius 2 is 1.84 bits per heavy atom. The van der Waals surface area contributed by atoms with Gasteiger partial charge < -0.3 is 14.6 Å². The van der Waals surface area contributed by atoms with Crippen LogP contribution in [-0.2, 0) is 24.7 Å². The summed E-state index contributed by atoms with van der Waals surface area (Å²) in [7, 11) is 1.87. The quantitative estimate of drug-likeness (QED) is 0.431. The van der Waals surface area contributed by atoms with Crippen molar-refractivity contribution in [2.24, 2.45) is 7.05 Å². The number of aryl methyl sites for hydroxylation is 2. The molecule has 0 aliphatic rings. The van der Waals surface area contributed by atoms with E-state index in [1.165, 1.54) is 11.8 Å². The van der Waals surface area contributed by atoms with Crippen LogP contribution in [0.3, 0.4) is 0 Å². The molecule has 1 heterocycles. The Morgan fingerprint density at radius 3 is 2.48 bits per heavy atom. The van der Waals surface area contributed by atoms with Crippen LogP contribution in [0.25, 0.3) is 0 Å². The number of nitrogens with zero attached hydrogens (tertiary/aromatic N) is 3. The lowest BCUT2D eigenvalue weighted by molar-refractivity contribution is -0.113. The van der Waals surface area contributed by atoms with E-state index >= 15 is 0 Å². The van der Waals surface area contributed by atoms with Crippen molar-refractivity contribution in [1.29, 1.82) is 0 Å². The van der Waals surface area contributed by atoms with Gasteiger partial charge in [0.2, 0.25) is 5.91 Å². The summed E-state index contributed by atoms with van der Waals surface area (Å²) in [5.74, 6) is 1.52. The van der Waals surface area contributed by atoms with Gasteiger partial charge in [0.25, 0.3) is 0 Å². The van der Waals surface area contributed by atoms with E-state index in [0.717, 1.165) is 29.7 Å². The highest BCUT2D eigenvalue weighted by Gasteiger charge is 2.18. The van der Waals surface area contributed by atoms with Gasteiger partial charge in [0.05, 0.1) is 5.75 Å². The Balaban J connectivity index is 1.63. The van der Waals surface area contributed by atoms with Crippen LogP contribution in [0, 0.1) is 0 Å². The standard InChI is InChI=1S/C23H27ClN4O2S/c1-5-16-9-7-10-17(6-2)21(16)25-20(29)14-31-23-27-26-22(28(23)4)15(3)30-19-12-8-11-18(24)13-19/h7-13,15H,5-6,14H2,1-4H3,(H,25,29). The summed E-state index contributed by atoms with van der Waals surface area (Å²) < 4.78 is 7.79. The molecule has 1 aromatic heterocycles. The molecule has 0 saturated carbocycles. The third-order valence-corrected chi connectivity index (χ3v) is 6.19. The average molecular weight is 459 g/mol. The molecule has 3 aromatic rings. The molecule has 31 heavy (non-hydrogen) atoms. The van der Waals surface area contributed by atoms with Gasteiger partial charge in [0, 0.05) is 17.8 Å². The summed E-state index contributed by atoms with van der Waals surface area (Å²) in [4.78, 5) is 12.6. The van der Waals surface area contributed by atoms with Crippen molar-refractivity contribution in [2.75, 3.05) is 11.1 Å². The van der Waals surface area contributed by atoms with E-state index in [1.807, 2.05) is 36.7 Å². The molecule has 1 amide bonds. The summed E-state index contributed by atoms with van der Waals surface area (Å²) in [6.07, 6.45) is 1.42. The molecule has 0 radical (unpaired) electrons. The second-order valence-electron chi connectivity index (χ2n) is 7.11. The Bertz CT molecular complexity index is 1030. The minimum absolute atomic E-state index is 0.0617. The van der Waals surface area contributed by atoms with Crippen molar-refractivity contribution in [3.8, 4) is 5.75 Å². The smallest absolute Gasteiger partial charge is 0.234 e. The molecule has 1 N–H and O–H groups in total. The Hall–Kier alpha value is -2.51. The Labute approximate surface area is 192 Å². The molecule has 1 unspecified atom stereocenters. The molecule has 0 aliphatic heterocycles. The Kier molecular flexibility index (Phi) is 7.98. The maximum atomic E-state index is 12.6. The molecular formula is C23H27ClN4O2S. The van der Waals surface area contributed by atoms with Crippen LogP contribution < -0.4 is 10.1 Å². The SMILES string of the molecule is CCc1cccc(CC)c1NC(=O)CSc1nnc(C(C)Oc2cccc(Cl)c2)n1C. The van der Waals surface area contributed by atoms with Crippen molar-refractivity contribution in [3.63, 3.8) is 0 Å². The van der Waals surface area contributed by atoms with E-state index in [-0.39, 0.29) is 17.8 Å². The van der Waals surface area contributed by atoms with Gasteiger partial charge in [-0.2, -0.15) is 0 Å². The fourth-order valence-corrected chi connectivity index (χ4v) is 4.21. The second-order valence-corrected chi connectivity index (χ2v) is 8.49. The van der Waals surface area contributed by atoms with Crippen LogP contribution >= 0.6 is 23.4 Å². The number of thioether (sulfide) groups is 1. The zero-order chi connectivity index (χ0) is 22.4. The van der Waals surface area contributed by atoms with E-state index in [4.69, 9.17) is 16.3 Å². The second kappa shape index (κ2) is 10.7. The molecule has 0 fully saturated rings. The first-order valence-corrected chi connectivity index (χ1v) is 11.6. The number of hydrogen-bond donors (Lipinski definition) is 1. The number of amides is 1. The predicted octanol–water partition coefficient (Wildman–Crippen LogP) is 5.46. The third kappa shape index (κ3) is 5.80. The van der Waals surface area contributed by atoms with Crippen molar-refractivity contribution < 1.29 is 9.53 Å². The van der Waals surface area contributed by atoms with Crippen molar-refractivity contribution in [1.82, 2.24) is 14.8 Å². The van der Waals surface area contributed by atoms with E-state index in [0.29, 0.717) is 21.8 Å². The van der Waals surface area contributed by atoms with E-state index < -0.39 is 0 Å². The number of benzene rings is 2. The summed E-state index contributed by atoms with van der Waals surface area (Å²) in [6, 6.07) is 13.4. The number of ether oxygens (including phenoxy) is 1. The molecular weight excluding hydrogens is 432 g/mol. The van der Waals surface area contributed by atoms with Gasteiger partial charge in [-0.3, -0.25) is 4.79 Å². The highest BCUT2D eigenvalue weighted by Crippen LogP contribution is 2.26. The molecule has 1 atom stereocenters. The maximum absolute atomic E-state index is 12.6. The van der Waals surface area contributed by atoms with Gasteiger partial charge in [-0.1, -0.05) is 61.5 Å². The molecule has 2 aromatic carbocycles. The molecule has 6 nitrogen and oxygen atoms in total. The van der Waals surface area contributed by atoms with Crippen LogP contribution in [0.15, 0.2) is 47.6 Å². The zero-order valence-corrected chi connectivity index (χ0v) is 19.8. The number of anilines is 1. The van der Waals surface area contributed by atoms with Crippen LogP contribution in [0.4, 0.5) is 5.69 Å².